The molecule has 0 unspecified atom stereocenters. The van der Waals surface area contributed by atoms with Crippen molar-refractivity contribution >= 4 is 11.6 Å². The molecule has 3 rings (SSSR count). The lowest BCUT2D eigenvalue weighted by Gasteiger charge is -2.24. The Morgan fingerprint density at radius 2 is 2.08 bits per heavy atom. The van der Waals surface area contributed by atoms with Gasteiger partial charge in [-0.1, -0.05) is 48.5 Å². The molecule has 0 radical (unpaired) electrons. The zero-order valence-electron chi connectivity index (χ0n) is 15.1. The summed E-state index contributed by atoms with van der Waals surface area (Å²) in [6, 6.07) is 14.4. The summed E-state index contributed by atoms with van der Waals surface area (Å²) in [6.45, 7) is 4.67. The van der Waals surface area contributed by atoms with E-state index in [1.54, 1.807) is 11.0 Å². The van der Waals surface area contributed by atoms with Gasteiger partial charge in [0.05, 0.1) is 12.3 Å². The Balaban J connectivity index is 1.67. The van der Waals surface area contributed by atoms with E-state index < -0.39 is 0 Å². The minimum atomic E-state index is -0.298. The summed E-state index contributed by atoms with van der Waals surface area (Å²) in [5.41, 5.74) is 3.90. The Bertz CT molecular complexity index is 819. The molecule has 0 aromatic heterocycles. The fraction of sp³-hybridized carbons (Fsp3) is 0.333. The number of aryl methyl sites for hydroxylation is 1. The first kappa shape index (κ1) is 18.1. The number of benzene rings is 2. The first-order chi connectivity index (χ1) is 12.6. The molecule has 1 amide bonds. The molecule has 1 aliphatic rings. The molecule has 0 spiro atoms. The van der Waals surface area contributed by atoms with Crippen molar-refractivity contribution in [3.63, 3.8) is 0 Å². The lowest BCUT2D eigenvalue weighted by molar-refractivity contribution is -0.133. The van der Waals surface area contributed by atoms with Gasteiger partial charge in [0, 0.05) is 24.9 Å². The second-order valence-corrected chi connectivity index (χ2v) is 6.54. The molecule has 0 saturated carbocycles. The third-order valence-corrected chi connectivity index (χ3v) is 4.53. The van der Waals surface area contributed by atoms with E-state index in [0.717, 1.165) is 22.4 Å². The molecule has 26 heavy (non-hydrogen) atoms. The quantitative estimate of drug-likeness (QED) is 0.785. The van der Waals surface area contributed by atoms with E-state index in [9.17, 15) is 9.18 Å². The van der Waals surface area contributed by atoms with Crippen LogP contribution in [-0.4, -0.2) is 29.2 Å². The summed E-state index contributed by atoms with van der Waals surface area (Å²) in [5, 5.41) is 4.23. The number of halogens is 1. The van der Waals surface area contributed by atoms with Gasteiger partial charge in [-0.25, -0.2) is 4.39 Å². The maximum absolute atomic E-state index is 13.4. The summed E-state index contributed by atoms with van der Waals surface area (Å²) in [5.74, 6) is -0.282. The van der Waals surface area contributed by atoms with Gasteiger partial charge in [-0.05, 0) is 30.2 Å². The third-order valence-electron chi connectivity index (χ3n) is 4.53. The summed E-state index contributed by atoms with van der Waals surface area (Å²) in [6.07, 6.45) is 0.864. The molecule has 136 valence electrons. The molecule has 0 N–H and O–H groups in total. The average Bonchev–Trinajstić information content (AvgIpc) is 3.09. The molecule has 2 aromatic rings. The first-order valence-corrected chi connectivity index (χ1v) is 8.87. The van der Waals surface area contributed by atoms with Gasteiger partial charge in [0.25, 0.3) is 0 Å². The van der Waals surface area contributed by atoms with Gasteiger partial charge in [-0.15, -0.1) is 0 Å². The zero-order chi connectivity index (χ0) is 18.5. The smallest absolute Gasteiger partial charge is 0.222 e. The second kappa shape index (κ2) is 8.13. The Morgan fingerprint density at radius 1 is 1.27 bits per heavy atom. The van der Waals surface area contributed by atoms with Crippen molar-refractivity contribution < 1.29 is 14.0 Å². The van der Waals surface area contributed by atoms with Crippen LogP contribution in [0.15, 0.2) is 53.7 Å². The van der Waals surface area contributed by atoms with E-state index in [1.807, 2.05) is 44.2 Å². The highest BCUT2D eigenvalue weighted by atomic mass is 19.1. The number of carbonyl (C=O) groups is 1. The van der Waals surface area contributed by atoms with Gasteiger partial charge in [0.2, 0.25) is 5.91 Å². The summed E-state index contributed by atoms with van der Waals surface area (Å²) >= 11 is 0. The van der Waals surface area contributed by atoms with Crippen molar-refractivity contribution in [3.05, 3.63) is 71.0 Å². The van der Waals surface area contributed by atoms with Gasteiger partial charge in [0.1, 0.15) is 5.82 Å². The van der Waals surface area contributed by atoms with Crippen LogP contribution >= 0.6 is 0 Å². The number of rotatable bonds is 6. The van der Waals surface area contributed by atoms with Crippen LogP contribution in [0.1, 0.15) is 36.5 Å². The van der Waals surface area contributed by atoms with Gasteiger partial charge in [-0.3, -0.25) is 4.79 Å². The average molecular weight is 354 g/mol. The summed E-state index contributed by atoms with van der Waals surface area (Å²) < 4.78 is 13.4. The lowest BCUT2D eigenvalue weighted by atomic mass is 10.00. The maximum atomic E-state index is 13.4. The van der Waals surface area contributed by atoms with Crippen LogP contribution < -0.4 is 0 Å². The monoisotopic (exact) mass is 354 g/mol. The molecule has 5 heteroatoms. The van der Waals surface area contributed by atoms with E-state index in [2.05, 4.69) is 5.16 Å². The van der Waals surface area contributed by atoms with Crippen LogP contribution in [0.25, 0.3) is 0 Å². The highest BCUT2D eigenvalue weighted by Crippen LogP contribution is 2.21. The van der Waals surface area contributed by atoms with Crippen molar-refractivity contribution in [2.24, 2.45) is 5.16 Å². The van der Waals surface area contributed by atoms with E-state index in [0.29, 0.717) is 25.9 Å². The first-order valence-electron chi connectivity index (χ1n) is 8.87. The fourth-order valence-electron chi connectivity index (χ4n) is 3.16. The molecule has 2 aromatic carbocycles. The standard InChI is InChI=1S/C21H23FN2O2/c1-3-21(25)24(13-16-8-6-9-17(22)11-16)14-18-12-20(23-26-18)19-10-5-4-7-15(19)2/h4-11,18H,3,12-14H2,1-2H3/t18-/m0/s1. The molecule has 1 aliphatic heterocycles. The van der Waals surface area contributed by atoms with Gasteiger partial charge >= 0.3 is 0 Å². The van der Waals surface area contributed by atoms with Gasteiger partial charge in [0.15, 0.2) is 6.10 Å². The highest BCUT2D eigenvalue weighted by molar-refractivity contribution is 6.02. The van der Waals surface area contributed by atoms with E-state index in [1.165, 1.54) is 12.1 Å². The summed E-state index contributed by atoms with van der Waals surface area (Å²) in [7, 11) is 0. The number of carbonyl (C=O) groups excluding carboxylic acids is 1. The predicted octanol–water partition coefficient (Wildman–Crippen LogP) is 4.07. The normalized spacial score (nSPS) is 16.1. The van der Waals surface area contributed by atoms with Crippen molar-refractivity contribution in [2.75, 3.05) is 6.54 Å². The topological polar surface area (TPSA) is 41.9 Å². The molecule has 1 atom stereocenters. The SMILES string of the molecule is CCC(=O)N(Cc1cccc(F)c1)C[C@@H]1CC(c2ccccc2C)=NO1. The summed E-state index contributed by atoms with van der Waals surface area (Å²) in [4.78, 5) is 19.6. The Labute approximate surface area is 153 Å². The molecule has 0 fully saturated rings. The number of nitrogens with zero attached hydrogens (tertiary/aromatic N) is 2. The molecule has 1 heterocycles. The van der Waals surface area contributed by atoms with Crippen LogP contribution in [0.2, 0.25) is 0 Å². The minimum Gasteiger partial charge on any atom is -0.390 e. The van der Waals surface area contributed by atoms with Crippen LogP contribution in [-0.2, 0) is 16.2 Å². The largest absolute Gasteiger partial charge is 0.390 e. The van der Waals surface area contributed by atoms with Crippen LogP contribution in [0.5, 0.6) is 0 Å². The second-order valence-electron chi connectivity index (χ2n) is 6.54. The molecule has 4 nitrogen and oxygen atoms in total. The van der Waals surface area contributed by atoms with E-state index in [-0.39, 0.29) is 17.8 Å². The zero-order valence-corrected chi connectivity index (χ0v) is 15.1. The number of hydrogen-bond acceptors (Lipinski definition) is 3. The molecule has 0 saturated heterocycles. The molecule has 0 bridgehead atoms. The van der Waals surface area contributed by atoms with Gasteiger partial charge in [-0.2, -0.15) is 0 Å². The van der Waals surface area contributed by atoms with Crippen LogP contribution in [0.4, 0.5) is 4.39 Å². The van der Waals surface area contributed by atoms with E-state index in [4.69, 9.17) is 4.84 Å². The lowest BCUT2D eigenvalue weighted by Crippen LogP contribution is -2.36. The minimum absolute atomic E-state index is 0.0159. The molecular weight excluding hydrogens is 331 g/mol. The predicted molar refractivity (Wildman–Crippen MR) is 99.3 cm³/mol. The van der Waals surface area contributed by atoms with Crippen molar-refractivity contribution in [3.8, 4) is 0 Å². The van der Waals surface area contributed by atoms with Crippen molar-refractivity contribution in [2.45, 2.75) is 39.3 Å². The van der Waals surface area contributed by atoms with Crippen LogP contribution in [0.3, 0.4) is 0 Å². The van der Waals surface area contributed by atoms with Gasteiger partial charge < -0.3 is 9.74 Å². The van der Waals surface area contributed by atoms with E-state index >= 15 is 0 Å². The highest BCUT2D eigenvalue weighted by Gasteiger charge is 2.27. The Hall–Kier alpha value is -2.69. The number of amides is 1. The Kier molecular flexibility index (Phi) is 5.66. The molecule has 0 aliphatic carbocycles. The van der Waals surface area contributed by atoms with Crippen molar-refractivity contribution in [1.82, 2.24) is 4.90 Å². The van der Waals surface area contributed by atoms with Crippen molar-refractivity contribution in [1.29, 1.82) is 0 Å². The fourth-order valence-corrected chi connectivity index (χ4v) is 3.16. The third kappa shape index (κ3) is 4.28. The maximum Gasteiger partial charge on any atom is 0.222 e. The molecular formula is C21H23FN2O2. The number of oxime groups is 1. The van der Waals surface area contributed by atoms with Crippen LogP contribution in [0, 0.1) is 12.7 Å². The number of hydrogen-bond donors (Lipinski definition) is 0. The Morgan fingerprint density at radius 3 is 2.81 bits per heavy atom.